The number of hydrogen-bond acceptors (Lipinski definition) is 8. The third-order valence-corrected chi connectivity index (χ3v) is 5.37. The van der Waals surface area contributed by atoms with Crippen LogP contribution in [0.1, 0.15) is 30.9 Å². The highest BCUT2D eigenvalue weighted by atomic mass is 35.5. The van der Waals surface area contributed by atoms with E-state index in [0.717, 1.165) is 42.6 Å². The van der Waals surface area contributed by atoms with Gasteiger partial charge in [0.1, 0.15) is 0 Å². The molecule has 4 rings (SSSR count). The fraction of sp³-hybridized carbons (Fsp3) is 0.350. The number of nitrogens with one attached hydrogen (secondary N) is 1. The van der Waals surface area contributed by atoms with Gasteiger partial charge in [-0.25, -0.2) is 0 Å². The van der Waals surface area contributed by atoms with Crippen LogP contribution in [0.5, 0.6) is 0 Å². The molecule has 0 spiro atoms. The standard InChI is InChI=1S/C11H13ClN4O.C9H11ClN4.2ClH/c1-7(17)16-4-2-8(3-5-16)9-6-10(12)14-15-11(9)13;10-8-5-7(9(11)14-13-8)6-1-3-12-4-2-6;;/h2,6H,3-5H2,1H3,(H2,13,15);1,5,12H,2-4H2,(H2,11,14);2*1H. The minimum absolute atomic E-state index is 0. The number of nitrogens with zero attached hydrogens (tertiary/aromatic N) is 5. The van der Waals surface area contributed by atoms with Gasteiger partial charge < -0.3 is 21.7 Å². The van der Waals surface area contributed by atoms with Gasteiger partial charge in [-0.1, -0.05) is 35.4 Å². The minimum Gasteiger partial charge on any atom is -0.382 e. The smallest absolute Gasteiger partial charge is 0.219 e. The average Bonchev–Trinajstić information content (AvgIpc) is 2.78. The lowest BCUT2D eigenvalue weighted by atomic mass is 10.0. The van der Waals surface area contributed by atoms with Crippen LogP contribution in [0, 0.1) is 0 Å². The maximum absolute atomic E-state index is 11.2. The molecule has 4 heterocycles. The molecule has 2 aliphatic heterocycles. The summed E-state index contributed by atoms with van der Waals surface area (Å²) in [6, 6.07) is 3.47. The number of carbonyl (C=O) groups excluding carboxylic acids is 1. The Morgan fingerprint density at radius 1 is 0.939 bits per heavy atom. The zero-order valence-corrected chi connectivity index (χ0v) is 21.1. The van der Waals surface area contributed by atoms with Gasteiger partial charge in [0.25, 0.3) is 0 Å². The van der Waals surface area contributed by atoms with Crippen molar-refractivity contribution in [3.63, 3.8) is 0 Å². The Hall–Kier alpha value is -2.17. The van der Waals surface area contributed by atoms with E-state index in [-0.39, 0.29) is 30.7 Å². The lowest BCUT2D eigenvalue weighted by Gasteiger charge is -2.25. The molecule has 2 aromatic heterocycles. The number of nitrogen functional groups attached to an aromatic ring is 2. The molecule has 2 aliphatic rings. The van der Waals surface area contributed by atoms with Crippen molar-refractivity contribution in [3.8, 4) is 0 Å². The number of aromatic nitrogens is 4. The Balaban J connectivity index is 0.000000316. The molecule has 0 saturated heterocycles. The monoisotopic (exact) mass is 534 g/mol. The third-order valence-electron chi connectivity index (χ3n) is 5.00. The van der Waals surface area contributed by atoms with E-state index in [1.165, 1.54) is 5.57 Å². The van der Waals surface area contributed by atoms with Gasteiger partial charge >= 0.3 is 0 Å². The van der Waals surface area contributed by atoms with Crippen LogP contribution in [0.4, 0.5) is 11.6 Å². The van der Waals surface area contributed by atoms with Gasteiger partial charge in [-0.3, -0.25) is 4.79 Å². The van der Waals surface area contributed by atoms with Crippen LogP contribution in [0.15, 0.2) is 24.3 Å². The maximum atomic E-state index is 11.2. The highest BCUT2D eigenvalue weighted by molar-refractivity contribution is 6.29. The molecule has 0 aliphatic carbocycles. The molecule has 1 amide bonds. The second-order valence-corrected chi connectivity index (χ2v) is 7.83. The molecule has 0 aromatic carbocycles. The number of halogens is 4. The van der Waals surface area contributed by atoms with E-state index in [1.807, 2.05) is 6.08 Å². The number of hydrogen-bond donors (Lipinski definition) is 3. The summed E-state index contributed by atoms with van der Waals surface area (Å²) in [6.07, 6.45) is 5.79. The summed E-state index contributed by atoms with van der Waals surface area (Å²) in [5.74, 6) is 0.902. The van der Waals surface area contributed by atoms with Crippen LogP contribution in [-0.4, -0.2) is 57.4 Å². The number of rotatable bonds is 2. The van der Waals surface area contributed by atoms with E-state index < -0.39 is 0 Å². The number of anilines is 2. The van der Waals surface area contributed by atoms with Crippen LogP contribution in [0.2, 0.25) is 10.3 Å². The number of amides is 1. The van der Waals surface area contributed by atoms with Gasteiger partial charge in [-0.15, -0.1) is 45.2 Å². The van der Waals surface area contributed by atoms with Gasteiger partial charge in [0, 0.05) is 37.7 Å². The van der Waals surface area contributed by atoms with Gasteiger partial charge in [-0.2, -0.15) is 0 Å². The molecule has 180 valence electrons. The summed E-state index contributed by atoms with van der Waals surface area (Å²) in [5, 5.41) is 18.9. The molecule has 13 heteroatoms. The highest BCUT2D eigenvalue weighted by Gasteiger charge is 2.17. The number of nitrogens with two attached hydrogens (primary N) is 2. The minimum atomic E-state index is 0. The summed E-state index contributed by atoms with van der Waals surface area (Å²) in [5.41, 5.74) is 15.5. The molecule has 33 heavy (non-hydrogen) atoms. The molecule has 0 unspecified atom stereocenters. The molecular formula is C20H26Cl4N8O. The Kier molecular flexibility index (Phi) is 11.8. The average molecular weight is 536 g/mol. The van der Waals surface area contributed by atoms with E-state index >= 15 is 0 Å². The van der Waals surface area contributed by atoms with E-state index in [4.69, 9.17) is 34.7 Å². The zero-order chi connectivity index (χ0) is 22.4. The van der Waals surface area contributed by atoms with Crippen molar-refractivity contribution >= 4 is 76.7 Å². The quantitative estimate of drug-likeness (QED) is 0.532. The molecule has 0 radical (unpaired) electrons. The normalized spacial score (nSPS) is 15.1. The van der Waals surface area contributed by atoms with E-state index in [9.17, 15) is 4.79 Å². The first kappa shape index (κ1) is 28.9. The van der Waals surface area contributed by atoms with Crippen LogP contribution in [0.3, 0.4) is 0 Å². The summed E-state index contributed by atoms with van der Waals surface area (Å²) < 4.78 is 0. The molecule has 5 N–H and O–H groups in total. The first-order valence-electron chi connectivity index (χ1n) is 9.77. The van der Waals surface area contributed by atoms with Crippen molar-refractivity contribution in [2.45, 2.75) is 19.8 Å². The van der Waals surface area contributed by atoms with Crippen molar-refractivity contribution < 1.29 is 4.79 Å². The molecule has 0 fully saturated rings. The fourth-order valence-electron chi connectivity index (χ4n) is 3.34. The molecule has 2 aromatic rings. The Morgan fingerprint density at radius 2 is 1.48 bits per heavy atom. The van der Waals surface area contributed by atoms with Crippen LogP contribution >= 0.6 is 48.0 Å². The zero-order valence-electron chi connectivity index (χ0n) is 17.9. The second kappa shape index (κ2) is 13.5. The van der Waals surface area contributed by atoms with Gasteiger partial charge in [0.05, 0.1) is 0 Å². The SMILES string of the molecule is CC(=O)N1CC=C(c2cc(Cl)nnc2N)CC1.Cl.Cl.Nc1nnc(Cl)cc1C1=CCNCC1. The van der Waals surface area contributed by atoms with Crippen LogP contribution in [0.25, 0.3) is 11.1 Å². The van der Waals surface area contributed by atoms with E-state index in [1.54, 1.807) is 24.0 Å². The Bertz CT molecular complexity index is 1030. The van der Waals surface area contributed by atoms with E-state index in [2.05, 4.69) is 31.8 Å². The lowest BCUT2D eigenvalue weighted by Crippen LogP contribution is -2.32. The van der Waals surface area contributed by atoms with Crippen molar-refractivity contribution in [1.29, 1.82) is 0 Å². The van der Waals surface area contributed by atoms with Gasteiger partial charge in [-0.05, 0) is 42.7 Å². The first-order chi connectivity index (χ1) is 14.8. The molecular weight excluding hydrogens is 510 g/mol. The summed E-state index contributed by atoms with van der Waals surface area (Å²) in [7, 11) is 0. The number of carbonyl (C=O) groups is 1. The van der Waals surface area contributed by atoms with Crippen molar-refractivity contribution in [2.24, 2.45) is 0 Å². The Labute approximate surface area is 214 Å². The van der Waals surface area contributed by atoms with Crippen LogP contribution < -0.4 is 16.8 Å². The largest absolute Gasteiger partial charge is 0.382 e. The van der Waals surface area contributed by atoms with Crippen molar-refractivity contribution in [2.75, 3.05) is 37.6 Å². The Morgan fingerprint density at radius 3 is 1.91 bits per heavy atom. The summed E-state index contributed by atoms with van der Waals surface area (Å²) in [6.45, 7) is 4.70. The molecule has 0 bridgehead atoms. The van der Waals surface area contributed by atoms with Crippen molar-refractivity contribution in [1.82, 2.24) is 30.6 Å². The first-order valence-corrected chi connectivity index (χ1v) is 10.5. The topological polar surface area (TPSA) is 136 Å². The van der Waals surface area contributed by atoms with Gasteiger partial charge in [0.2, 0.25) is 5.91 Å². The third kappa shape index (κ3) is 7.97. The maximum Gasteiger partial charge on any atom is 0.219 e. The highest BCUT2D eigenvalue weighted by Crippen LogP contribution is 2.27. The van der Waals surface area contributed by atoms with Gasteiger partial charge in [0.15, 0.2) is 21.9 Å². The lowest BCUT2D eigenvalue weighted by molar-refractivity contribution is -0.128. The summed E-state index contributed by atoms with van der Waals surface area (Å²) >= 11 is 11.6. The molecule has 0 saturated carbocycles. The van der Waals surface area contributed by atoms with Crippen molar-refractivity contribution in [3.05, 3.63) is 45.7 Å². The predicted octanol–water partition coefficient (Wildman–Crippen LogP) is 3.28. The molecule has 0 atom stereocenters. The molecule has 9 nitrogen and oxygen atoms in total. The fourth-order valence-corrected chi connectivity index (χ4v) is 3.63. The predicted molar refractivity (Wildman–Crippen MR) is 138 cm³/mol. The second-order valence-electron chi connectivity index (χ2n) is 7.06. The summed E-state index contributed by atoms with van der Waals surface area (Å²) in [4.78, 5) is 13.0. The van der Waals surface area contributed by atoms with E-state index in [0.29, 0.717) is 35.0 Å². The van der Waals surface area contributed by atoms with Crippen LogP contribution in [-0.2, 0) is 4.79 Å².